The first-order chi connectivity index (χ1) is 8.76. The smallest absolute Gasteiger partial charge is 0.227 e. The van der Waals surface area contributed by atoms with Gasteiger partial charge in [0, 0.05) is 12.4 Å². The SMILES string of the molecule is COc1ccc(-c2csc(=NNC=O)n2C)cc1. The maximum absolute atomic E-state index is 10.2. The minimum Gasteiger partial charge on any atom is -0.497 e. The summed E-state index contributed by atoms with van der Waals surface area (Å²) in [5.74, 6) is 0.823. The number of thiazole rings is 1. The Morgan fingerprint density at radius 2 is 2.11 bits per heavy atom. The van der Waals surface area contributed by atoms with Gasteiger partial charge in [-0.15, -0.1) is 16.4 Å². The van der Waals surface area contributed by atoms with Crippen LogP contribution in [0, 0.1) is 0 Å². The molecule has 0 aliphatic carbocycles. The van der Waals surface area contributed by atoms with Crippen molar-refractivity contribution < 1.29 is 9.53 Å². The van der Waals surface area contributed by atoms with Crippen LogP contribution in [0.15, 0.2) is 34.7 Å². The van der Waals surface area contributed by atoms with Crippen molar-refractivity contribution in [3.63, 3.8) is 0 Å². The van der Waals surface area contributed by atoms with Crippen LogP contribution in [-0.4, -0.2) is 18.1 Å². The minimum absolute atomic E-state index is 0.548. The van der Waals surface area contributed by atoms with Crippen molar-refractivity contribution in [1.29, 1.82) is 0 Å². The lowest BCUT2D eigenvalue weighted by Gasteiger charge is -2.04. The molecule has 0 saturated heterocycles. The molecule has 1 N–H and O–H groups in total. The summed E-state index contributed by atoms with van der Waals surface area (Å²) in [5, 5.41) is 5.94. The fourth-order valence-electron chi connectivity index (χ4n) is 1.58. The molecule has 0 aliphatic heterocycles. The molecule has 18 heavy (non-hydrogen) atoms. The lowest BCUT2D eigenvalue weighted by atomic mass is 10.1. The second kappa shape index (κ2) is 5.50. The standard InChI is InChI=1S/C12H13N3O2S/c1-15-11(7-18-12(15)14-13-8-16)9-3-5-10(17-2)6-4-9/h3-8H,1-2H3,(H,13,16). The molecule has 1 heterocycles. The Kier molecular flexibility index (Phi) is 3.78. The van der Waals surface area contributed by atoms with Gasteiger partial charge in [0.05, 0.1) is 12.8 Å². The van der Waals surface area contributed by atoms with Gasteiger partial charge in [0.2, 0.25) is 11.2 Å². The molecule has 2 aromatic rings. The Bertz CT molecular complexity index is 599. The Labute approximate surface area is 108 Å². The van der Waals surface area contributed by atoms with Gasteiger partial charge in [-0.2, -0.15) is 0 Å². The summed E-state index contributed by atoms with van der Waals surface area (Å²) in [5.41, 5.74) is 4.41. The van der Waals surface area contributed by atoms with Crippen LogP contribution in [0.4, 0.5) is 0 Å². The molecule has 0 radical (unpaired) electrons. The van der Waals surface area contributed by atoms with Crippen molar-refractivity contribution >= 4 is 17.7 Å². The van der Waals surface area contributed by atoms with Gasteiger partial charge in [-0.25, -0.2) is 5.43 Å². The quantitative estimate of drug-likeness (QED) is 0.668. The van der Waals surface area contributed by atoms with Gasteiger partial charge in [0.15, 0.2) is 0 Å². The van der Waals surface area contributed by atoms with E-state index in [-0.39, 0.29) is 0 Å². The van der Waals surface area contributed by atoms with E-state index >= 15 is 0 Å². The highest BCUT2D eigenvalue weighted by Crippen LogP contribution is 2.22. The number of amides is 1. The number of rotatable bonds is 4. The van der Waals surface area contributed by atoms with E-state index in [1.165, 1.54) is 11.3 Å². The molecule has 1 aromatic heterocycles. The van der Waals surface area contributed by atoms with Crippen molar-refractivity contribution in [3.05, 3.63) is 34.4 Å². The number of nitrogens with one attached hydrogen (secondary N) is 1. The van der Waals surface area contributed by atoms with Crippen molar-refractivity contribution in [2.24, 2.45) is 12.1 Å². The second-order valence-electron chi connectivity index (χ2n) is 3.55. The number of ether oxygens (including phenoxy) is 1. The Morgan fingerprint density at radius 3 is 2.72 bits per heavy atom. The van der Waals surface area contributed by atoms with E-state index in [9.17, 15) is 4.79 Å². The van der Waals surface area contributed by atoms with Crippen LogP contribution < -0.4 is 15.0 Å². The lowest BCUT2D eigenvalue weighted by molar-refractivity contribution is -0.109. The van der Waals surface area contributed by atoms with E-state index in [2.05, 4.69) is 10.5 Å². The van der Waals surface area contributed by atoms with Gasteiger partial charge in [-0.1, -0.05) is 0 Å². The third kappa shape index (κ3) is 2.43. The fraction of sp³-hybridized carbons (Fsp3) is 0.167. The summed E-state index contributed by atoms with van der Waals surface area (Å²) in [7, 11) is 3.54. The zero-order valence-corrected chi connectivity index (χ0v) is 10.9. The zero-order valence-electron chi connectivity index (χ0n) is 10.1. The number of nitrogens with zero attached hydrogens (tertiary/aromatic N) is 2. The van der Waals surface area contributed by atoms with E-state index in [4.69, 9.17) is 4.74 Å². The van der Waals surface area contributed by atoms with E-state index < -0.39 is 0 Å². The highest BCUT2D eigenvalue weighted by Gasteiger charge is 2.04. The highest BCUT2D eigenvalue weighted by atomic mass is 32.1. The molecule has 94 valence electrons. The van der Waals surface area contributed by atoms with E-state index in [1.807, 2.05) is 41.3 Å². The molecule has 5 nitrogen and oxygen atoms in total. The first kappa shape index (κ1) is 12.4. The Morgan fingerprint density at radius 1 is 1.39 bits per heavy atom. The maximum Gasteiger partial charge on any atom is 0.227 e. The van der Waals surface area contributed by atoms with Gasteiger partial charge >= 0.3 is 0 Å². The molecule has 0 aliphatic rings. The molecule has 1 amide bonds. The van der Waals surface area contributed by atoms with Gasteiger partial charge in [-0.05, 0) is 29.8 Å². The molecule has 0 atom stereocenters. The monoisotopic (exact) mass is 263 g/mol. The maximum atomic E-state index is 10.2. The molecule has 0 unspecified atom stereocenters. The van der Waals surface area contributed by atoms with Gasteiger partial charge in [0.25, 0.3) is 0 Å². The average Bonchev–Trinajstić information content (AvgIpc) is 2.78. The highest BCUT2D eigenvalue weighted by molar-refractivity contribution is 7.07. The van der Waals surface area contributed by atoms with E-state index in [0.717, 1.165) is 21.8 Å². The van der Waals surface area contributed by atoms with Crippen LogP contribution in [0.3, 0.4) is 0 Å². The zero-order chi connectivity index (χ0) is 13.0. The summed E-state index contributed by atoms with van der Waals surface area (Å²) in [6.45, 7) is 0. The summed E-state index contributed by atoms with van der Waals surface area (Å²) in [6.07, 6.45) is 0.548. The third-order valence-corrected chi connectivity index (χ3v) is 3.44. The second-order valence-corrected chi connectivity index (χ2v) is 4.39. The molecule has 0 bridgehead atoms. The summed E-state index contributed by atoms with van der Waals surface area (Å²) in [4.78, 5) is 10.9. The number of carbonyl (C=O) groups excluding carboxylic acids is 1. The van der Waals surface area contributed by atoms with Crippen molar-refractivity contribution in [1.82, 2.24) is 9.99 Å². The normalized spacial score (nSPS) is 11.3. The Balaban J connectivity index is 2.38. The molecular weight excluding hydrogens is 250 g/mol. The minimum atomic E-state index is 0.548. The largest absolute Gasteiger partial charge is 0.497 e. The van der Waals surface area contributed by atoms with Crippen LogP contribution in [0.2, 0.25) is 0 Å². The third-order valence-electron chi connectivity index (χ3n) is 2.52. The molecule has 2 rings (SSSR count). The molecule has 0 spiro atoms. The summed E-state index contributed by atoms with van der Waals surface area (Å²) >= 11 is 1.46. The lowest BCUT2D eigenvalue weighted by Crippen LogP contribution is -2.16. The topological polar surface area (TPSA) is 55.6 Å². The first-order valence-electron chi connectivity index (χ1n) is 5.28. The fourth-order valence-corrected chi connectivity index (χ4v) is 2.45. The van der Waals surface area contributed by atoms with Crippen molar-refractivity contribution in [2.45, 2.75) is 0 Å². The summed E-state index contributed by atoms with van der Waals surface area (Å²) < 4.78 is 7.04. The predicted octanol–water partition coefficient (Wildman–Crippen LogP) is 1.32. The predicted molar refractivity (Wildman–Crippen MR) is 70.0 cm³/mol. The van der Waals surface area contributed by atoms with Crippen LogP contribution in [0.1, 0.15) is 0 Å². The van der Waals surface area contributed by atoms with Gasteiger partial charge in [0.1, 0.15) is 5.75 Å². The van der Waals surface area contributed by atoms with Crippen LogP contribution in [0.25, 0.3) is 11.3 Å². The summed E-state index contributed by atoms with van der Waals surface area (Å²) in [6, 6.07) is 7.79. The molecule has 0 saturated carbocycles. The number of hydrogen-bond acceptors (Lipinski definition) is 4. The van der Waals surface area contributed by atoms with Crippen LogP contribution in [-0.2, 0) is 11.8 Å². The molecule has 1 aromatic carbocycles. The molecule has 6 heteroatoms. The van der Waals surface area contributed by atoms with E-state index in [1.54, 1.807) is 7.11 Å². The number of carbonyl (C=O) groups is 1. The molecular formula is C12H13N3O2S. The van der Waals surface area contributed by atoms with Crippen LogP contribution in [0.5, 0.6) is 5.75 Å². The number of hydrogen-bond donors (Lipinski definition) is 1. The van der Waals surface area contributed by atoms with Crippen LogP contribution >= 0.6 is 11.3 Å². The first-order valence-corrected chi connectivity index (χ1v) is 6.16. The number of methoxy groups -OCH3 is 1. The molecule has 0 fully saturated rings. The van der Waals surface area contributed by atoms with E-state index in [0.29, 0.717) is 6.41 Å². The van der Waals surface area contributed by atoms with Crippen molar-refractivity contribution in [3.8, 4) is 17.0 Å². The van der Waals surface area contributed by atoms with Gasteiger partial charge < -0.3 is 9.30 Å². The van der Waals surface area contributed by atoms with Crippen molar-refractivity contribution in [2.75, 3.05) is 7.11 Å². The van der Waals surface area contributed by atoms with Gasteiger partial charge in [-0.3, -0.25) is 4.79 Å². The average molecular weight is 263 g/mol. The Hall–Kier alpha value is -2.08. The number of benzene rings is 1. The number of aromatic nitrogens is 1.